The molecule has 0 saturated heterocycles. The van der Waals surface area contributed by atoms with E-state index < -0.39 is 6.10 Å². The average molecular weight is 277 g/mol. The normalized spacial score (nSPS) is 12.8. The van der Waals surface area contributed by atoms with E-state index in [9.17, 15) is 5.11 Å². The van der Waals surface area contributed by atoms with E-state index in [1.54, 1.807) is 11.3 Å². The Hall–Kier alpha value is -1.43. The fourth-order valence-electron chi connectivity index (χ4n) is 2.00. The van der Waals surface area contributed by atoms with E-state index in [2.05, 4.69) is 9.88 Å². The maximum Gasteiger partial charge on any atom is 0.0936 e. The van der Waals surface area contributed by atoms with Crippen molar-refractivity contribution in [1.82, 2.24) is 9.88 Å². The Bertz CT molecular complexity index is 541. The fourth-order valence-corrected chi connectivity index (χ4v) is 2.85. The summed E-state index contributed by atoms with van der Waals surface area (Å²) in [6, 6.07) is 7.44. The molecule has 0 radical (unpaired) electrons. The lowest BCUT2D eigenvalue weighted by atomic mass is 10.1. The van der Waals surface area contributed by atoms with Crippen LogP contribution < -0.4 is 5.73 Å². The van der Waals surface area contributed by atoms with Crippen molar-refractivity contribution in [3.05, 3.63) is 45.9 Å². The number of likely N-dealkylation sites (N-methyl/N-ethyl adjacent to an activating group) is 1. The number of hydrogen-bond donors (Lipinski definition) is 2. The van der Waals surface area contributed by atoms with Crippen LogP contribution in [0.25, 0.3) is 0 Å². The van der Waals surface area contributed by atoms with E-state index in [0.717, 1.165) is 17.8 Å². The topological polar surface area (TPSA) is 62.4 Å². The Morgan fingerprint density at radius 2 is 2.16 bits per heavy atom. The minimum atomic E-state index is -0.570. The fraction of sp³-hybridized carbons (Fsp3) is 0.357. The summed E-state index contributed by atoms with van der Waals surface area (Å²) in [5, 5.41) is 10.2. The highest BCUT2D eigenvalue weighted by molar-refractivity contribution is 7.09. The molecule has 1 aromatic heterocycles. The second-order valence-corrected chi connectivity index (χ2v) is 5.64. The third-order valence-electron chi connectivity index (χ3n) is 3.10. The van der Waals surface area contributed by atoms with Gasteiger partial charge in [-0.1, -0.05) is 18.2 Å². The van der Waals surface area contributed by atoms with E-state index in [4.69, 9.17) is 5.73 Å². The molecule has 1 unspecified atom stereocenters. The smallest absolute Gasteiger partial charge is 0.0936 e. The molecule has 0 saturated carbocycles. The van der Waals surface area contributed by atoms with Crippen LogP contribution >= 0.6 is 11.3 Å². The van der Waals surface area contributed by atoms with Crippen LogP contribution in [0.1, 0.15) is 22.2 Å². The number of anilines is 1. The molecule has 102 valence electrons. The Kier molecular flexibility index (Phi) is 4.52. The number of nitrogen functional groups attached to an aromatic ring is 1. The molecule has 19 heavy (non-hydrogen) atoms. The van der Waals surface area contributed by atoms with Gasteiger partial charge in [0.25, 0.3) is 0 Å². The van der Waals surface area contributed by atoms with Crippen molar-refractivity contribution >= 4 is 17.0 Å². The monoisotopic (exact) mass is 277 g/mol. The lowest BCUT2D eigenvalue weighted by molar-refractivity contribution is 0.125. The summed E-state index contributed by atoms with van der Waals surface area (Å²) in [4.78, 5) is 7.54. The molecule has 0 bridgehead atoms. The van der Waals surface area contributed by atoms with Crippen LogP contribution in [-0.4, -0.2) is 28.6 Å². The number of hydrogen-bond acceptors (Lipinski definition) is 5. The molecular weight excluding hydrogens is 258 g/mol. The van der Waals surface area contributed by atoms with Crippen molar-refractivity contribution in [1.29, 1.82) is 0 Å². The Morgan fingerprint density at radius 3 is 2.79 bits per heavy atom. The van der Waals surface area contributed by atoms with E-state index in [-0.39, 0.29) is 0 Å². The van der Waals surface area contributed by atoms with Crippen LogP contribution in [0.3, 0.4) is 0 Å². The van der Waals surface area contributed by atoms with Gasteiger partial charge in [0, 0.05) is 29.2 Å². The summed E-state index contributed by atoms with van der Waals surface area (Å²) in [5.74, 6) is 0. The van der Waals surface area contributed by atoms with Crippen LogP contribution in [0, 0.1) is 6.92 Å². The first kappa shape index (κ1) is 14.0. The molecule has 0 amide bonds. The molecule has 2 aromatic rings. The summed E-state index contributed by atoms with van der Waals surface area (Å²) >= 11 is 1.64. The molecule has 1 heterocycles. The van der Waals surface area contributed by atoms with E-state index in [1.807, 2.05) is 43.7 Å². The number of nitrogens with two attached hydrogens (primary N) is 1. The molecule has 1 aromatic carbocycles. The predicted molar refractivity (Wildman–Crippen MR) is 79.0 cm³/mol. The number of aliphatic hydroxyl groups is 1. The van der Waals surface area contributed by atoms with Crippen molar-refractivity contribution in [2.45, 2.75) is 19.6 Å². The molecule has 0 aliphatic carbocycles. The van der Waals surface area contributed by atoms with Crippen LogP contribution in [-0.2, 0) is 6.54 Å². The van der Waals surface area contributed by atoms with E-state index in [0.29, 0.717) is 12.2 Å². The van der Waals surface area contributed by atoms with Gasteiger partial charge in [-0.3, -0.25) is 4.90 Å². The minimum absolute atomic E-state index is 0.547. The average Bonchev–Trinajstić information content (AvgIpc) is 2.75. The SMILES string of the molecule is Cc1ncsc1CN(C)CC(O)c1ccccc1N. The summed E-state index contributed by atoms with van der Waals surface area (Å²) in [6.07, 6.45) is -0.570. The second-order valence-electron chi connectivity index (χ2n) is 4.70. The number of aryl methyl sites for hydroxylation is 1. The third kappa shape index (κ3) is 3.53. The number of rotatable bonds is 5. The molecule has 5 heteroatoms. The van der Waals surface area contributed by atoms with Crippen LogP contribution in [0.5, 0.6) is 0 Å². The number of benzene rings is 1. The van der Waals surface area contributed by atoms with Gasteiger partial charge in [0.2, 0.25) is 0 Å². The third-order valence-corrected chi connectivity index (χ3v) is 4.02. The van der Waals surface area contributed by atoms with Gasteiger partial charge < -0.3 is 10.8 Å². The van der Waals surface area contributed by atoms with Crippen molar-refractivity contribution in [2.75, 3.05) is 19.3 Å². The van der Waals surface area contributed by atoms with Gasteiger partial charge in [0.1, 0.15) is 0 Å². The molecule has 0 aliphatic heterocycles. The Labute approximate surface area is 117 Å². The van der Waals surface area contributed by atoms with Crippen LogP contribution in [0.4, 0.5) is 5.69 Å². The first-order valence-electron chi connectivity index (χ1n) is 6.18. The zero-order valence-electron chi connectivity index (χ0n) is 11.2. The highest BCUT2D eigenvalue weighted by Crippen LogP contribution is 2.22. The summed E-state index contributed by atoms with van der Waals surface area (Å²) in [7, 11) is 1.99. The molecule has 0 fully saturated rings. The maximum atomic E-state index is 10.2. The van der Waals surface area contributed by atoms with Gasteiger partial charge >= 0.3 is 0 Å². The number of aromatic nitrogens is 1. The van der Waals surface area contributed by atoms with E-state index in [1.165, 1.54) is 4.88 Å². The van der Waals surface area contributed by atoms with Crippen molar-refractivity contribution in [3.63, 3.8) is 0 Å². The van der Waals surface area contributed by atoms with Gasteiger partial charge in [-0.05, 0) is 20.0 Å². The minimum Gasteiger partial charge on any atom is -0.398 e. The number of nitrogens with zero attached hydrogens (tertiary/aromatic N) is 2. The second kappa shape index (κ2) is 6.14. The standard InChI is InChI=1S/C14H19N3OS/c1-10-14(19-9-16-10)8-17(2)7-13(18)11-5-3-4-6-12(11)15/h3-6,9,13,18H,7-8,15H2,1-2H3. The molecule has 4 nitrogen and oxygen atoms in total. The maximum absolute atomic E-state index is 10.2. The highest BCUT2D eigenvalue weighted by Gasteiger charge is 2.14. The summed E-state index contributed by atoms with van der Waals surface area (Å²) in [6.45, 7) is 3.34. The Balaban J connectivity index is 1.97. The molecule has 0 spiro atoms. The number of aliphatic hydroxyl groups excluding tert-OH is 1. The summed E-state index contributed by atoms with van der Waals surface area (Å²) in [5.41, 5.74) is 10.2. The predicted octanol–water partition coefficient (Wildman–Crippen LogP) is 2.20. The van der Waals surface area contributed by atoms with Crippen LogP contribution in [0.15, 0.2) is 29.8 Å². The van der Waals surface area contributed by atoms with Gasteiger partial charge in [0.05, 0.1) is 17.3 Å². The summed E-state index contributed by atoms with van der Waals surface area (Å²) < 4.78 is 0. The zero-order chi connectivity index (χ0) is 13.8. The largest absolute Gasteiger partial charge is 0.398 e. The van der Waals surface area contributed by atoms with Gasteiger partial charge in [0.15, 0.2) is 0 Å². The lowest BCUT2D eigenvalue weighted by Crippen LogP contribution is -2.24. The van der Waals surface area contributed by atoms with Crippen molar-refractivity contribution in [2.24, 2.45) is 0 Å². The quantitative estimate of drug-likeness (QED) is 0.822. The molecule has 3 N–H and O–H groups in total. The molecule has 1 atom stereocenters. The molecule has 0 aliphatic rings. The van der Waals surface area contributed by atoms with Gasteiger partial charge in [-0.25, -0.2) is 4.98 Å². The first-order valence-corrected chi connectivity index (χ1v) is 7.06. The highest BCUT2D eigenvalue weighted by atomic mass is 32.1. The molecular formula is C14H19N3OS. The van der Waals surface area contributed by atoms with E-state index >= 15 is 0 Å². The van der Waals surface area contributed by atoms with Crippen molar-refractivity contribution < 1.29 is 5.11 Å². The zero-order valence-corrected chi connectivity index (χ0v) is 12.0. The lowest BCUT2D eigenvalue weighted by Gasteiger charge is -2.21. The van der Waals surface area contributed by atoms with Gasteiger partial charge in [-0.15, -0.1) is 11.3 Å². The molecule has 2 rings (SSSR count). The number of para-hydroxylation sites is 1. The van der Waals surface area contributed by atoms with Crippen molar-refractivity contribution in [3.8, 4) is 0 Å². The first-order chi connectivity index (χ1) is 9.08. The Morgan fingerprint density at radius 1 is 1.42 bits per heavy atom. The van der Waals surface area contributed by atoms with Crippen LogP contribution in [0.2, 0.25) is 0 Å². The van der Waals surface area contributed by atoms with Gasteiger partial charge in [-0.2, -0.15) is 0 Å². The number of thiazole rings is 1.